The van der Waals surface area contributed by atoms with Crippen LogP contribution in [0.2, 0.25) is 0 Å². The third-order valence-electron chi connectivity index (χ3n) is 7.11. The smallest absolute Gasteiger partial charge is 0.391 e. The first-order chi connectivity index (χ1) is 15.7. The number of rotatable bonds is 5. The summed E-state index contributed by atoms with van der Waals surface area (Å²) in [6, 6.07) is 14.5. The van der Waals surface area contributed by atoms with Crippen molar-refractivity contribution in [2.24, 2.45) is 16.8 Å². The molecule has 1 aliphatic heterocycles. The Hall–Kier alpha value is -2.56. The minimum absolute atomic E-state index is 0.211. The zero-order chi connectivity index (χ0) is 23.6. The van der Waals surface area contributed by atoms with Gasteiger partial charge in [0.2, 0.25) is 0 Å². The number of dihydropyridines is 1. The molecular weight excluding hydrogens is 423 g/mol. The lowest BCUT2D eigenvalue weighted by molar-refractivity contribution is -0.182. The summed E-state index contributed by atoms with van der Waals surface area (Å²) in [6.07, 6.45) is 1.86. The Bertz CT molecular complexity index is 1010. The third kappa shape index (κ3) is 5.69. The highest BCUT2D eigenvalue weighted by molar-refractivity contribution is 6.11. The number of allylic oxidation sites excluding steroid dienone is 1. The molecule has 0 radical (unpaired) electrons. The van der Waals surface area contributed by atoms with Crippen molar-refractivity contribution < 1.29 is 17.9 Å². The molecule has 0 bridgehead atoms. The van der Waals surface area contributed by atoms with Crippen LogP contribution in [0.3, 0.4) is 0 Å². The number of nitrogens with zero attached hydrogens (tertiary/aromatic N) is 1. The van der Waals surface area contributed by atoms with E-state index in [4.69, 9.17) is 9.73 Å². The molecule has 0 N–H and O–H groups in total. The van der Waals surface area contributed by atoms with Crippen molar-refractivity contribution in [3.8, 4) is 5.75 Å². The van der Waals surface area contributed by atoms with Gasteiger partial charge in [0.05, 0.1) is 17.7 Å². The van der Waals surface area contributed by atoms with Crippen molar-refractivity contribution in [3.05, 3.63) is 76.9 Å². The van der Waals surface area contributed by atoms with E-state index in [1.807, 2.05) is 36.4 Å². The Morgan fingerprint density at radius 2 is 1.67 bits per heavy atom. The summed E-state index contributed by atoms with van der Waals surface area (Å²) < 4.78 is 45.0. The minimum Gasteiger partial charge on any atom is -0.488 e. The maximum Gasteiger partial charge on any atom is 0.391 e. The summed E-state index contributed by atoms with van der Waals surface area (Å²) >= 11 is 0. The zero-order valence-corrected chi connectivity index (χ0v) is 19.5. The van der Waals surface area contributed by atoms with Crippen molar-refractivity contribution >= 4 is 5.71 Å². The minimum atomic E-state index is -4.06. The van der Waals surface area contributed by atoms with Crippen molar-refractivity contribution in [2.45, 2.75) is 71.2 Å². The molecule has 0 amide bonds. The second-order valence-electron chi connectivity index (χ2n) is 9.59. The number of halogens is 3. The lowest BCUT2D eigenvalue weighted by Gasteiger charge is -2.30. The summed E-state index contributed by atoms with van der Waals surface area (Å²) in [5.74, 6) is 0.299. The molecule has 33 heavy (non-hydrogen) atoms. The Kier molecular flexibility index (Phi) is 6.96. The molecule has 2 aromatic rings. The normalized spacial score (nSPS) is 25.6. The number of aliphatic imine (C=N–C) groups is 1. The van der Waals surface area contributed by atoms with Crippen LogP contribution in [0.15, 0.2) is 59.6 Å². The molecule has 0 aromatic heterocycles. The maximum atomic E-state index is 12.9. The summed E-state index contributed by atoms with van der Waals surface area (Å²) in [5, 5.41) is 0. The molecule has 2 aromatic carbocycles. The van der Waals surface area contributed by atoms with Gasteiger partial charge in [-0.15, -0.1) is 0 Å². The van der Waals surface area contributed by atoms with Gasteiger partial charge in [0, 0.05) is 5.56 Å². The van der Waals surface area contributed by atoms with E-state index in [0.717, 1.165) is 33.7 Å². The monoisotopic (exact) mass is 455 g/mol. The second kappa shape index (κ2) is 9.74. The quantitative estimate of drug-likeness (QED) is 0.451. The molecule has 1 heterocycles. The van der Waals surface area contributed by atoms with Crippen LogP contribution in [0, 0.1) is 18.8 Å². The van der Waals surface area contributed by atoms with Gasteiger partial charge in [-0.05, 0) is 80.7 Å². The van der Waals surface area contributed by atoms with E-state index in [1.165, 1.54) is 0 Å². The van der Waals surface area contributed by atoms with E-state index in [9.17, 15) is 13.2 Å². The average molecular weight is 456 g/mol. The highest BCUT2D eigenvalue weighted by Crippen LogP contribution is 2.42. The van der Waals surface area contributed by atoms with Gasteiger partial charge in [-0.1, -0.05) is 48.9 Å². The molecule has 1 saturated carbocycles. The number of benzene rings is 2. The molecule has 0 saturated heterocycles. The Morgan fingerprint density at radius 3 is 2.30 bits per heavy atom. The SMILES string of the molecule is Cc1ccc(OCc2ccc(C3CCC(C(F)(F)F)CC3)cc2)c(C2=NC(C)[C@H](C)C=C2)c1. The van der Waals surface area contributed by atoms with Gasteiger partial charge < -0.3 is 4.74 Å². The van der Waals surface area contributed by atoms with Crippen LogP contribution in [-0.4, -0.2) is 17.9 Å². The first-order valence-electron chi connectivity index (χ1n) is 11.9. The highest BCUT2D eigenvalue weighted by Gasteiger charge is 2.41. The summed E-state index contributed by atoms with van der Waals surface area (Å²) in [6.45, 7) is 6.79. The largest absolute Gasteiger partial charge is 0.488 e. The maximum absolute atomic E-state index is 12.9. The Morgan fingerprint density at radius 1 is 0.970 bits per heavy atom. The van der Waals surface area contributed by atoms with Crippen LogP contribution in [0.25, 0.3) is 0 Å². The van der Waals surface area contributed by atoms with Crippen LogP contribution >= 0.6 is 0 Å². The first-order valence-corrected chi connectivity index (χ1v) is 11.9. The number of ether oxygens (including phenoxy) is 1. The highest BCUT2D eigenvalue weighted by atomic mass is 19.4. The van der Waals surface area contributed by atoms with Gasteiger partial charge in [-0.2, -0.15) is 13.2 Å². The van der Waals surface area contributed by atoms with Crippen molar-refractivity contribution in [2.75, 3.05) is 0 Å². The van der Waals surface area contributed by atoms with E-state index in [1.54, 1.807) is 0 Å². The molecule has 0 spiro atoms. The molecule has 1 fully saturated rings. The molecular formula is C28H32F3NO. The van der Waals surface area contributed by atoms with Gasteiger partial charge in [0.1, 0.15) is 12.4 Å². The number of hydrogen-bond acceptors (Lipinski definition) is 2. The fraction of sp³-hybridized carbons (Fsp3) is 0.464. The molecule has 4 rings (SSSR count). The molecule has 2 nitrogen and oxygen atoms in total. The number of alkyl halides is 3. The predicted octanol–water partition coefficient (Wildman–Crippen LogP) is 7.79. The van der Waals surface area contributed by atoms with Crippen LogP contribution in [0.5, 0.6) is 5.75 Å². The van der Waals surface area contributed by atoms with Crippen LogP contribution in [-0.2, 0) is 6.61 Å². The number of hydrogen-bond donors (Lipinski definition) is 0. The van der Waals surface area contributed by atoms with E-state index in [0.29, 0.717) is 25.4 Å². The average Bonchev–Trinajstić information content (AvgIpc) is 2.80. The number of aryl methyl sites for hydroxylation is 1. The summed E-state index contributed by atoms with van der Waals surface area (Å²) in [4.78, 5) is 4.85. The van der Waals surface area contributed by atoms with Crippen LogP contribution < -0.4 is 4.74 Å². The van der Waals surface area contributed by atoms with Gasteiger partial charge in [0.15, 0.2) is 0 Å². The van der Waals surface area contributed by atoms with Gasteiger partial charge in [0.25, 0.3) is 0 Å². The second-order valence-corrected chi connectivity index (χ2v) is 9.59. The van der Waals surface area contributed by atoms with E-state index in [-0.39, 0.29) is 24.8 Å². The van der Waals surface area contributed by atoms with E-state index >= 15 is 0 Å². The molecule has 1 unspecified atom stereocenters. The van der Waals surface area contributed by atoms with Gasteiger partial charge in [-0.25, -0.2) is 0 Å². The van der Waals surface area contributed by atoms with Crippen molar-refractivity contribution in [1.82, 2.24) is 0 Å². The van der Waals surface area contributed by atoms with Gasteiger partial charge >= 0.3 is 6.18 Å². The van der Waals surface area contributed by atoms with Crippen molar-refractivity contribution in [3.63, 3.8) is 0 Å². The molecule has 5 heteroatoms. The fourth-order valence-corrected chi connectivity index (χ4v) is 4.71. The molecule has 176 valence electrons. The molecule has 2 atom stereocenters. The molecule has 1 aliphatic carbocycles. The lowest BCUT2D eigenvalue weighted by atomic mass is 9.78. The van der Waals surface area contributed by atoms with Gasteiger partial charge in [-0.3, -0.25) is 4.99 Å². The van der Waals surface area contributed by atoms with Crippen molar-refractivity contribution in [1.29, 1.82) is 0 Å². The lowest BCUT2D eigenvalue weighted by Crippen LogP contribution is -2.27. The summed E-state index contributed by atoms with van der Waals surface area (Å²) in [7, 11) is 0. The van der Waals surface area contributed by atoms with Crippen LogP contribution in [0.4, 0.5) is 13.2 Å². The first kappa shape index (κ1) is 23.6. The Labute approximate surface area is 194 Å². The van der Waals surface area contributed by atoms with Crippen LogP contribution in [0.1, 0.15) is 67.7 Å². The topological polar surface area (TPSA) is 21.6 Å². The zero-order valence-electron chi connectivity index (χ0n) is 19.5. The summed E-state index contributed by atoms with van der Waals surface area (Å²) in [5.41, 5.74) is 5.27. The molecule has 2 aliphatic rings. The Balaban J connectivity index is 1.40. The van der Waals surface area contributed by atoms with E-state index in [2.05, 4.69) is 39.0 Å². The van der Waals surface area contributed by atoms with E-state index < -0.39 is 12.1 Å². The predicted molar refractivity (Wildman–Crippen MR) is 127 cm³/mol. The standard InChI is InChI=1S/C28H32F3NO/c1-18-4-15-27(25(16-18)26-14-5-19(2)20(3)32-26)33-17-21-6-8-22(9-7-21)23-10-12-24(13-11-23)28(29,30)31/h4-9,14-16,19-20,23-24H,10-13,17H2,1-3H3/t19-,20?,23?,24?/m1/s1. The third-order valence-corrected chi connectivity index (χ3v) is 7.11. The fourth-order valence-electron chi connectivity index (χ4n) is 4.71.